The molecular weight excluding hydrogens is 360 g/mol. The van der Waals surface area contributed by atoms with E-state index < -0.39 is 6.43 Å². The standard InChI is InChI=1S/C23H23F2NO2/c24-22(25)18-11-9-17(10-12-18)19-13-20-7-4-8-21(14-19)26(20)23(27)28-15-16-5-2-1-3-6-16/h1-3,5-6,9-13,20-22H,4,7-8,14-15H2. The number of benzene rings is 2. The molecule has 1 amide bonds. The molecule has 0 aromatic heterocycles. The fourth-order valence-corrected chi connectivity index (χ4v) is 4.16. The molecule has 0 aliphatic carbocycles. The number of rotatable bonds is 4. The lowest BCUT2D eigenvalue weighted by atomic mass is 9.83. The first kappa shape index (κ1) is 18.7. The van der Waals surface area contributed by atoms with E-state index in [9.17, 15) is 13.6 Å². The van der Waals surface area contributed by atoms with Crippen molar-refractivity contribution < 1.29 is 18.3 Å². The number of ether oxygens (including phenoxy) is 1. The summed E-state index contributed by atoms with van der Waals surface area (Å²) in [5.41, 5.74) is 3.08. The van der Waals surface area contributed by atoms with E-state index in [4.69, 9.17) is 4.74 Å². The van der Waals surface area contributed by atoms with Gasteiger partial charge in [0, 0.05) is 11.6 Å². The molecule has 146 valence electrons. The SMILES string of the molecule is O=C(OCc1ccccc1)N1C2C=C(c3ccc(C(F)F)cc3)CC1CCC2. The Morgan fingerprint density at radius 3 is 2.50 bits per heavy atom. The van der Waals surface area contributed by atoms with Gasteiger partial charge in [-0.25, -0.2) is 13.6 Å². The third-order valence-corrected chi connectivity index (χ3v) is 5.59. The number of carbonyl (C=O) groups excluding carboxylic acids is 1. The lowest BCUT2D eigenvalue weighted by Crippen LogP contribution is -2.51. The Labute approximate surface area is 163 Å². The average Bonchev–Trinajstić information content (AvgIpc) is 2.72. The monoisotopic (exact) mass is 383 g/mol. The van der Waals surface area contributed by atoms with Gasteiger partial charge in [0.25, 0.3) is 6.43 Å². The van der Waals surface area contributed by atoms with Crippen LogP contribution in [-0.2, 0) is 11.3 Å². The van der Waals surface area contributed by atoms with Gasteiger partial charge in [0.05, 0.1) is 6.04 Å². The molecule has 1 fully saturated rings. The van der Waals surface area contributed by atoms with Crippen molar-refractivity contribution in [2.75, 3.05) is 0 Å². The second-order valence-corrected chi connectivity index (χ2v) is 7.42. The fraction of sp³-hybridized carbons (Fsp3) is 0.348. The van der Waals surface area contributed by atoms with Crippen LogP contribution < -0.4 is 0 Å². The van der Waals surface area contributed by atoms with Crippen molar-refractivity contribution in [3.63, 3.8) is 0 Å². The Morgan fingerprint density at radius 1 is 1.07 bits per heavy atom. The highest BCUT2D eigenvalue weighted by Gasteiger charge is 2.38. The zero-order valence-electron chi connectivity index (χ0n) is 15.6. The van der Waals surface area contributed by atoms with Crippen LogP contribution in [0.15, 0.2) is 60.7 Å². The molecule has 2 aliphatic rings. The molecule has 2 bridgehead atoms. The predicted octanol–water partition coefficient (Wildman–Crippen LogP) is 5.97. The fourth-order valence-electron chi connectivity index (χ4n) is 4.16. The maximum atomic E-state index is 12.8. The van der Waals surface area contributed by atoms with Crippen LogP contribution in [0.3, 0.4) is 0 Å². The molecule has 0 saturated carbocycles. The zero-order valence-corrected chi connectivity index (χ0v) is 15.6. The summed E-state index contributed by atoms with van der Waals surface area (Å²) in [4.78, 5) is 14.6. The van der Waals surface area contributed by atoms with Crippen molar-refractivity contribution in [1.82, 2.24) is 4.90 Å². The summed E-state index contributed by atoms with van der Waals surface area (Å²) < 4.78 is 31.1. The normalized spacial score (nSPS) is 21.4. The largest absolute Gasteiger partial charge is 0.445 e. The van der Waals surface area contributed by atoms with E-state index >= 15 is 0 Å². The molecule has 2 aromatic rings. The van der Waals surface area contributed by atoms with Gasteiger partial charge in [-0.3, -0.25) is 4.90 Å². The number of amides is 1. The molecule has 2 aliphatic heterocycles. The Bertz CT molecular complexity index is 849. The van der Waals surface area contributed by atoms with Crippen LogP contribution in [-0.4, -0.2) is 23.1 Å². The molecule has 2 unspecified atom stereocenters. The summed E-state index contributed by atoms with van der Waals surface area (Å²) in [6.45, 7) is 0.265. The van der Waals surface area contributed by atoms with Crippen molar-refractivity contribution in [1.29, 1.82) is 0 Å². The zero-order chi connectivity index (χ0) is 19.5. The summed E-state index contributed by atoms with van der Waals surface area (Å²) in [5, 5.41) is 0. The number of hydrogen-bond donors (Lipinski definition) is 0. The minimum absolute atomic E-state index is 0.000508. The summed E-state index contributed by atoms with van der Waals surface area (Å²) in [6, 6.07) is 16.2. The van der Waals surface area contributed by atoms with Crippen LogP contribution in [0.1, 0.15) is 48.8 Å². The average molecular weight is 383 g/mol. The minimum atomic E-state index is -2.45. The quantitative estimate of drug-likeness (QED) is 0.651. The second kappa shape index (κ2) is 8.13. The van der Waals surface area contributed by atoms with Crippen LogP contribution in [0.4, 0.5) is 13.6 Å². The molecule has 1 saturated heterocycles. The van der Waals surface area contributed by atoms with Crippen molar-refractivity contribution in [2.45, 2.75) is 50.8 Å². The third kappa shape index (κ3) is 3.93. The molecule has 0 radical (unpaired) electrons. The van der Waals surface area contributed by atoms with Crippen LogP contribution in [0, 0.1) is 0 Å². The van der Waals surface area contributed by atoms with Gasteiger partial charge in [-0.05, 0) is 42.4 Å². The lowest BCUT2D eigenvalue weighted by Gasteiger charge is -2.44. The maximum Gasteiger partial charge on any atom is 0.410 e. The van der Waals surface area contributed by atoms with Crippen LogP contribution in [0.25, 0.3) is 5.57 Å². The smallest absolute Gasteiger partial charge is 0.410 e. The van der Waals surface area contributed by atoms with E-state index in [1.807, 2.05) is 35.2 Å². The van der Waals surface area contributed by atoms with Gasteiger partial charge in [0.2, 0.25) is 0 Å². The number of piperidine rings is 1. The molecule has 0 N–H and O–H groups in total. The molecule has 2 atom stereocenters. The molecule has 0 spiro atoms. The number of carbonyl (C=O) groups is 1. The van der Waals surface area contributed by atoms with Gasteiger partial charge in [-0.1, -0.05) is 60.7 Å². The third-order valence-electron chi connectivity index (χ3n) is 5.59. The highest BCUT2D eigenvalue weighted by molar-refractivity contribution is 5.74. The Morgan fingerprint density at radius 2 is 1.82 bits per heavy atom. The van der Waals surface area contributed by atoms with Crippen LogP contribution >= 0.6 is 0 Å². The van der Waals surface area contributed by atoms with Gasteiger partial charge in [0.1, 0.15) is 6.61 Å². The summed E-state index contributed by atoms with van der Waals surface area (Å²) in [5.74, 6) is 0. The van der Waals surface area contributed by atoms with Crippen LogP contribution in [0.5, 0.6) is 0 Å². The number of nitrogens with zero attached hydrogens (tertiary/aromatic N) is 1. The molecule has 2 aromatic carbocycles. The predicted molar refractivity (Wildman–Crippen MR) is 104 cm³/mol. The van der Waals surface area contributed by atoms with Gasteiger partial charge in [0.15, 0.2) is 0 Å². The highest BCUT2D eigenvalue weighted by Crippen LogP contribution is 2.38. The molecular formula is C23H23F2NO2. The highest BCUT2D eigenvalue weighted by atomic mass is 19.3. The maximum absolute atomic E-state index is 12.8. The van der Waals surface area contributed by atoms with Gasteiger partial charge in [-0.15, -0.1) is 0 Å². The summed E-state index contributed by atoms with van der Waals surface area (Å²) in [6.07, 6.45) is 3.01. The van der Waals surface area contributed by atoms with Crippen molar-refractivity contribution in [3.8, 4) is 0 Å². The summed E-state index contributed by atoms with van der Waals surface area (Å²) >= 11 is 0. The van der Waals surface area contributed by atoms with E-state index in [0.717, 1.165) is 42.4 Å². The first-order chi connectivity index (χ1) is 13.6. The van der Waals surface area contributed by atoms with Crippen molar-refractivity contribution in [2.24, 2.45) is 0 Å². The van der Waals surface area contributed by atoms with Crippen molar-refractivity contribution >= 4 is 11.7 Å². The molecule has 5 heteroatoms. The van der Waals surface area contributed by atoms with E-state index in [1.54, 1.807) is 12.1 Å². The number of hydrogen-bond acceptors (Lipinski definition) is 2. The molecule has 4 rings (SSSR count). The summed E-state index contributed by atoms with van der Waals surface area (Å²) in [7, 11) is 0. The van der Waals surface area contributed by atoms with E-state index in [1.165, 1.54) is 12.1 Å². The number of fused-ring (bicyclic) bond motifs is 2. The molecule has 2 heterocycles. The Kier molecular flexibility index (Phi) is 5.42. The first-order valence-corrected chi connectivity index (χ1v) is 9.70. The second-order valence-electron chi connectivity index (χ2n) is 7.42. The van der Waals surface area contributed by atoms with Crippen molar-refractivity contribution in [3.05, 3.63) is 77.4 Å². The number of halogens is 2. The van der Waals surface area contributed by atoms with E-state index in [2.05, 4.69) is 6.08 Å². The number of alkyl halides is 2. The Hall–Kier alpha value is -2.69. The van der Waals surface area contributed by atoms with Gasteiger partial charge >= 0.3 is 6.09 Å². The first-order valence-electron chi connectivity index (χ1n) is 9.70. The minimum Gasteiger partial charge on any atom is -0.445 e. The van der Waals surface area contributed by atoms with E-state index in [-0.39, 0.29) is 30.3 Å². The Balaban J connectivity index is 1.48. The van der Waals surface area contributed by atoms with Crippen LogP contribution in [0.2, 0.25) is 0 Å². The topological polar surface area (TPSA) is 29.5 Å². The van der Waals surface area contributed by atoms with Gasteiger partial charge < -0.3 is 4.74 Å². The van der Waals surface area contributed by atoms with E-state index in [0.29, 0.717) is 0 Å². The lowest BCUT2D eigenvalue weighted by molar-refractivity contribution is 0.0510. The molecule has 28 heavy (non-hydrogen) atoms. The van der Waals surface area contributed by atoms with Gasteiger partial charge in [-0.2, -0.15) is 0 Å². The molecule has 3 nitrogen and oxygen atoms in total.